The van der Waals surface area contributed by atoms with E-state index in [4.69, 9.17) is 0 Å². The number of anilines is 1. The number of carbonyl (C=O) groups excluding carboxylic acids is 1. The van der Waals surface area contributed by atoms with Crippen LogP contribution in [0.4, 0.5) is 11.4 Å². The molecule has 0 aromatic heterocycles. The number of hydrogen-bond donors (Lipinski definition) is 2. The zero-order chi connectivity index (χ0) is 21.1. The second-order valence-corrected chi connectivity index (χ2v) is 7.19. The van der Waals surface area contributed by atoms with Crippen LogP contribution in [0, 0.1) is 24.0 Å². The van der Waals surface area contributed by atoms with Crippen LogP contribution < -0.4 is 10.2 Å². The van der Waals surface area contributed by atoms with Crippen molar-refractivity contribution < 1.29 is 19.6 Å². The van der Waals surface area contributed by atoms with E-state index in [0.717, 1.165) is 37.1 Å². The van der Waals surface area contributed by atoms with Gasteiger partial charge in [-0.15, -0.1) is 0 Å². The standard InChI is InChI=1S/C21H23N3O5/c1-13-6-5-7-16(14(13)2)19(21(26)27)22-20(25)15-8-9-17(18(12-15)24(28)29)23-10-3-4-11-23/h5-9,12,19H,3-4,10-11H2,1-2H3,(H,22,25)(H,26,27). The maximum atomic E-state index is 12.7. The molecule has 8 heteroatoms. The average molecular weight is 397 g/mol. The number of carbonyl (C=O) groups is 2. The van der Waals surface area contributed by atoms with Gasteiger partial charge in [0.25, 0.3) is 11.6 Å². The summed E-state index contributed by atoms with van der Waals surface area (Å²) in [4.78, 5) is 37.5. The molecule has 1 aliphatic rings. The first-order valence-corrected chi connectivity index (χ1v) is 9.42. The van der Waals surface area contributed by atoms with Gasteiger partial charge in [0, 0.05) is 24.7 Å². The minimum atomic E-state index is -1.25. The van der Waals surface area contributed by atoms with Crippen LogP contribution in [0.2, 0.25) is 0 Å². The third kappa shape index (κ3) is 4.21. The largest absolute Gasteiger partial charge is 0.479 e. The maximum Gasteiger partial charge on any atom is 0.330 e. The number of nitrogens with one attached hydrogen (secondary N) is 1. The lowest BCUT2D eigenvalue weighted by Crippen LogP contribution is -2.34. The monoisotopic (exact) mass is 397 g/mol. The number of carboxylic acid groups (broad SMARTS) is 1. The molecular formula is C21H23N3O5. The number of hydrogen-bond acceptors (Lipinski definition) is 5. The number of nitro benzene ring substituents is 1. The Morgan fingerprint density at radius 3 is 2.48 bits per heavy atom. The summed E-state index contributed by atoms with van der Waals surface area (Å²) >= 11 is 0. The van der Waals surface area contributed by atoms with Gasteiger partial charge in [0.05, 0.1) is 4.92 Å². The normalized spacial score (nSPS) is 14.5. The molecule has 1 aliphatic heterocycles. The molecular weight excluding hydrogens is 374 g/mol. The number of nitrogens with zero attached hydrogens (tertiary/aromatic N) is 2. The van der Waals surface area contributed by atoms with Crippen LogP contribution in [0.15, 0.2) is 36.4 Å². The molecule has 3 rings (SSSR count). The van der Waals surface area contributed by atoms with Crippen molar-refractivity contribution in [1.82, 2.24) is 5.32 Å². The summed E-state index contributed by atoms with van der Waals surface area (Å²) in [6.45, 7) is 5.13. The van der Waals surface area contributed by atoms with Gasteiger partial charge in [-0.05, 0) is 55.5 Å². The lowest BCUT2D eigenvalue weighted by atomic mass is 9.97. The minimum absolute atomic E-state index is 0.0520. The minimum Gasteiger partial charge on any atom is -0.479 e. The highest BCUT2D eigenvalue weighted by molar-refractivity contribution is 5.98. The van der Waals surface area contributed by atoms with Crippen LogP contribution in [0.3, 0.4) is 0 Å². The molecule has 0 spiro atoms. The molecule has 0 saturated carbocycles. The van der Waals surface area contributed by atoms with E-state index in [0.29, 0.717) is 11.3 Å². The topological polar surface area (TPSA) is 113 Å². The van der Waals surface area contributed by atoms with Crippen molar-refractivity contribution in [2.24, 2.45) is 0 Å². The summed E-state index contributed by atoms with van der Waals surface area (Å²) in [5, 5.41) is 23.7. The van der Waals surface area contributed by atoms with Gasteiger partial charge in [0.1, 0.15) is 5.69 Å². The SMILES string of the molecule is Cc1cccc(C(NC(=O)c2ccc(N3CCCC3)c([N+](=O)[O-])c2)C(=O)O)c1C. The summed E-state index contributed by atoms with van der Waals surface area (Å²) in [6.07, 6.45) is 1.94. The van der Waals surface area contributed by atoms with Crippen molar-refractivity contribution in [3.63, 3.8) is 0 Å². The zero-order valence-corrected chi connectivity index (χ0v) is 16.3. The number of benzene rings is 2. The van der Waals surface area contributed by atoms with E-state index in [9.17, 15) is 24.8 Å². The van der Waals surface area contributed by atoms with Crippen molar-refractivity contribution in [2.75, 3.05) is 18.0 Å². The Bertz CT molecular complexity index is 967. The van der Waals surface area contributed by atoms with Gasteiger partial charge in [-0.25, -0.2) is 4.79 Å². The Labute approximate surface area is 168 Å². The first-order chi connectivity index (χ1) is 13.8. The highest BCUT2D eigenvalue weighted by atomic mass is 16.6. The highest BCUT2D eigenvalue weighted by Gasteiger charge is 2.27. The number of aryl methyl sites for hydroxylation is 1. The Hall–Kier alpha value is -3.42. The molecule has 152 valence electrons. The van der Waals surface area contributed by atoms with Crippen LogP contribution >= 0.6 is 0 Å². The van der Waals surface area contributed by atoms with E-state index in [-0.39, 0.29) is 11.3 Å². The Balaban J connectivity index is 1.90. The van der Waals surface area contributed by atoms with Crippen LogP contribution in [0.1, 0.15) is 45.9 Å². The molecule has 2 aromatic rings. The molecule has 1 fully saturated rings. The molecule has 2 N–H and O–H groups in total. The van der Waals surface area contributed by atoms with Crippen LogP contribution in [-0.4, -0.2) is 35.0 Å². The van der Waals surface area contributed by atoms with Gasteiger partial charge >= 0.3 is 5.97 Å². The summed E-state index contributed by atoms with van der Waals surface area (Å²) in [5.41, 5.74) is 2.54. The summed E-state index contributed by atoms with van der Waals surface area (Å²) in [6, 6.07) is 8.27. The molecule has 1 heterocycles. The highest BCUT2D eigenvalue weighted by Crippen LogP contribution is 2.32. The molecule has 1 unspecified atom stereocenters. The van der Waals surface area contributed by atoms with Gasteiger partial charge in [-0.1, -0.05) is 18.2 Å². The van der Waals surface area contributed by atoms with Crippen LogP contribution in [-0.2, 0) is 4.79 Å². The molecule has 2 aromatic carbocycles. The van der Waals surface area contributed by atoms with Crippen LogP contribution in [0.5, 0.6) is 0 Å². The zero-order valence-electron chi connectivity index (χ0n) is 16.3. The number of rotatable bonds is 6. The lowest BCUT2D eigenvalue weighted by Gasteiger charge is -2.20. The van der Waals surface area contributed by atoms with Crippen molar-refractivity contribution in [2.45, 2.75) is 32.7 Å². The molecule has 29 heavy (non-hydrogen) atoms. The predicted molar refractivity (Wildman–Crippen MR) is 108 cm³/mol. The molecule has 1 amide bonds. The summed E-state index contributed by atoms with van der Waals surface area (Å²) < 4.78 is 0. The van der Waals surface area contributed by atoms with Crippen molar-refractivity contribution >= 4 is 23.3 Å². The molecule has 0 bridgehead atoms. The quantitative estimate of drug-likeness (QED) is 0.571. The molecule has 0 radical (unpaired) electrons. The van der Waals surface area contributed by atoms with Gasteiger partial charge in [0.15, 0.2) is 6.04 Å². The number of amides is 1. The molecule has 1 saturated heterocycles. The average Bonchev–Trinajstić information content (AvgIpc) is 3.22. The third-order valence-electron chi connectivity index (χ3n) is 5.36. The predicted octanol–water partition coefficient (Wildman–Crippen LogP) is 3.37. The Morgan fingerprint density at radius 2 is 1.86 bits per heavy atom. The van der Waals surface area contributed by atoms with Crippen molar-refractivity contribution in [3.05, 3.63) is 68.8 Å². The molecule has 1 atom stereocenters. The number of aliphatic carboxylic acids is 1. The number of nitro groups is 1. The van der Waals surface area contributed by atoms with E-state index in [2.05, 4.69) is 5.32 Å². The molecule has 8 nitrogen and oxygen atoms in total. The summed E-state index contributed by atoms with van der Waals surface area (Å²) in [5.74, 6) is -1.87. The van der Waals surface area contributed by atoms with E-state index in [1.807, 2.05) is 17.9 Å². The molecule has 0 aliphatic carbocycles. The van der Waals surface area contributed by atoms with Crippen LogP contribution in [0.25, 0.3) is 0 Å². The van der Waals surface area contributed by atoms with Gasteiger partial charge in [-0.3, -0.25) is 14.9 Å². The Kier molecular flexibility index (Phi) is 5.81. The second-order valence-electron chi connectivity index (χ2n) is 7.19. The van der Waals surface area contributed by atoms with E-state index in [1.54, 1.807) is 25.1 Å². The first kappa shape index (κ1) is 20.3. The Morgan fingerprint density at radius 1 is 1.17 bits per heavy atom. The smallest absolute Gasteiger partial charge is 0.330 e. The lowest BCUT2D eigenvalue weighted by molar-refractivity contribution is -0.384. The summed E-state index contributed by atoms with van der Waals surface area (Å²) in [7, 11) is 0. The fourth-order valence-electron chi connectivity index (χ4n) is 3.61. The fraction of sp³-hybridized carbons (Fsp3) is 0.333. The maximum absolute atomic E-state index is 12.7. The number of carboxylic acids is 1. The van der Waals surface area contributed by atoms with Gasteiger partial charge in [-0.2, -0.15) is 0 Å². The van der Waals surface area contributed by atoms with Crippen molar-refractivity contribution in [3.8, 4) is 0 Å². The fourth-order valence-corrected chi connectivity index (χ4v) is 3.61. The first-order valence-electron chi connectivity index (χ1n) is 9.42. The second kappa shape index (κ2) is 8.30. The van der Waals surface area contributed by atoms with Gasteiger partial charge in [0.2, 0.25) is 0 Å². The third-order valence-corrected chi connectivity index (χ3v) is 5.36. The van der Waals surface area contributed by atoms with E-state index >= 15 is 0 Å². The van der Waals surface area contributed by atoms with E-state index < -0.39 is 22.8 Å². The van der Waals surface area contributed by atoms with Crippen molar-refractivity contribution in [1.29, 1.82) is 0 Å². The van der Waals surface area contributed by atoms with Gasteiger partial charge < -0.3 is 15.3 Å². The van der Waals surface area contributed by atoms with E-state index in [1.165, 1.54) is 12.1 Å².